The van der Waals surface area contributed by atoms with Gasteiger partial charge in [0.1, 0.15) is 0 Å². The van der Waals surface area contributed by atoms with Crippen LogP contribution in [0.25, 0.3) is 0 Å². The molecule has 1 rings (SSSR count). The van der Waals surface area contributed by atoms with Gasteiger partial charge in [0.15, 0.2) is 0 Å². The van der Waals surface area contributed by atoms with Crippen LogP contribution in [0.1, 0.15) is 0 Å². The second-order valence-electron chi connectivity index (χ2n) is 2.64. The van der Waals surface area contributed by atoms with Crippen LogP contribution in [-0.2, 0) is 0 Å². The van der Waals surface area contributed by atoms with Crippen molar-refractivity contribution < 1.29 is 5.11 Å². The molecule has 0 aromatic heterocycles. The van der Waals surface area contributed by atoms with E-state index in [1.165, 1.54) is 0 Å². The SMILES string of the molecule is N[C@H]1CNCCNC[C@@H]1O. The molecule has 0 amide bonds. The van der Waals surface area contributed by atoms with E-state index in [0.717, 1.165) is 13.1 Å². The maximum atomic E-state index is 9.26. The number of aliphatic hydroxyl groups is 1. The number of β-amino-alcohol motifs (C(OH)–C–C–N with tert-alkyl or cyclic N) is 1. The van der Waals surface area contributed by atoms with Gasteiger partial charge in [-0.2, -0.15) is 0 Å². The molecule has 0 aromatic carbocycles. The van der Waals surface area contributed by atoms with E-state index in [1.54, 1.807) is 0 Å². The van der Waals surface area contributed by atoms with Crippen molar-refractivity contribution in [2.24, 2.45) is 5.73 Å². The fraction of sp³-hybridized carbons (Fsp3) is 1.00. The van der Waals surface area contributed by atoms with Gasteiger partial charge in [0.2, 0.25) is 0 Å². The highest BCUT2D eigenvalue weighted by Crippen LogP contribution is 1.88. The minimum Gasteiger partial charge on any atom is -0.390 e. The van der Waals surface area contributed by atoms with Crippen LogP contribution < -0.4 is 16.4 Å². The van der Waals surface area contributed by atoms with E-state index in [9.17, 15) is 5.11 Å². The van der Waals surface area contributed by atoms with Crippen molar-refractivity contribution in [1.82, 2.24) is 10.6 Å². The number of rotatable bonds is 0. The van der Waals surface area contributed by atoms with Crippen LogP contribution in [0.2, 0.25) is 0 Å². The van der Waals surface area contributed by atoms with E-state index < -0.39 is 6.10 Å². The van der Waals surface area contributed by atoms with Gasteiger partial charge in [-0.25, -0.2) is 0 Å². The Morgan fingerprint density at radius 1 is 1.20 bits per heavy atom. The predicted octanol–water partition coefficient (Wildman–Crippen LogP) is -2.13. The van der Waals surface area contributed by atoms with Gasteiger partial charge in [0.05, 0.1) is 6.10 Å². The molecule has 10 heavy (non-hydrogen) atoms. The van der Waals surface area contributed by atoms with Crippen LogP contribution in [0.5, 0.6) is 0 Å². The second kappa shape index (κ2) is 3.88. The summed E-state index contributed by atoms with van der Waals surface area (Å²) in [5, 5.41) is 15.4. The first-order valence-corrected chi connectivity index (χ1v) is 3.66. The first-order chi connectivity index (χ1) is 4.80. The molecular formula is C6H15N3O. The Morgan fingerprint density at radius 2 is 1.80 bits per heavy atom. The summed E-state index contributed by atoms with van der Waals surface area (Å²) >= 11 is 0. The lowest BCUT2D eigenvalue weighted by atomic mass is 10.1. The van der Waals surface area contributed by atoms with E-state index in [0.29, 0.717) is 13.1 Å². The number of hydrogen-bond acceptors (Lipinski definition) is 4. The van der Waals surface area contributed by atoms with Crippen molar-refractivity contribution in [2.45, 2.75) is 12.1 Å². The molecule has 1 heterocycles. The zero-order chi connectivity index (χ0) is 7.40. The van der Waals surface area contributed by atoms with Crippen LogP contribution in [0.15, 0.2) is 0 Å². The zero-order valence-electron chi connectivity index (χ0n) is 6.01. The molecule has 5 N–H and O–H groups in total. The standard InChI is InChI=1S/C6H15N3O/c7-5-3-8-1-2-9-4-6(5)10/h5-6,8-10H,1-4,7H2/t5-,6-/m0/s1. The van der Waals surface area contributed by atoms with Gasteiger partial charge in [-0.3, -0.25) is 0 Å². The molecule has 1 fully saturated rings. The summed E-state index contributed by atoms with van der Waals surface area (Å²) in [6, 6.07) is -0.132. The van der Waals surface area contributed by atoms with Gasteiger partial charge in [0, 0.05) is 32.2 Å². The Balaban J connectivity index is 2.28. The second-order valence-corrected chi connectivity index (χ2v) is 2.64. The summed E-state index contributed by atoms with van der Waals surface area (Å²) in [5.74, 6) is 0. The predicted molar refractivity (Wildman–Crippen MR) is 39.7 cm³/mol. The van der Waals surface area contributed by atoms with Crippen molar-refractivity contribution in [3.63, 3.8) is 0 Å². The molecule has 0 unspecified atom stereocenters. The van der Waals surface area contributed by atoms with E-state index in [-0.39, 0.29) is 6.04 Å². The summed E-state index contributed by atoms with van der Waals surface area (Å²) in [6.07, 6.45) is -0.409. The number of aliphatic hydroxyl groups excluding tert-OH is 1. The van der Waals surface area contributed by atoms with Gasteiger partial charge in [0.25, 0.3) is 0 Å². The number of nitrogens with one attached hydrogen (secondary N) is 2. The lowest BCUT2D eigenvalue weighted by Crippen LogP contribution is -2.51. The molecule has 0 spiro atoms. The Hall–Kier alpha value is -0.160. The summed E-state index contributed by atoms with van der Waals surface area (Å²) < 4.78 is 0. The topological polar surface area (TPSA) is 70.3 Å². The highest BCUT2D eigenvalue weighted by atomic mass is 16.3. The van der Waals surface area contributed by atoms with Gasteiger partial charge in [-0.1, -0.05) is 0 Å². The van der Waals surface area contributed by atoms with Crippen LogP contribution in [0.3, 0.4) is 0 Å². The quantitative estimate of drug-likeness (QED) is 0.314. The molecule has 0 radical (unpaired) electrons. The fourth-order valence-corrected chi connectivity index (χ4v) is 0.983. The highest BCUT2D eigenvalue weighted by Gasteiger charge is 2.14. The van der Waals surface area contributed by atoms with E-state index >= 15 is 0 Å². The summed E-state index contributed by atoms with van der Waals surface area (Å²) in [6.45, 7) is 3.16. The average Bonchev–Trinajstić information content (AvgIpc) is 1.92. The third-order valence-electron chi connectivity index (χ3n) is 1.71. The third-order valence-corrected chi connectivity index (χ3v) is 1.71. The Bertz CT molecular complexity index is 87.0. The zero-order valence-corrected chi connectivity index (χ0v) is 6.01. The van der Waals surface area contributed by atoms with Crippen LogP contribution in [0.4, 0.5) is 0 Å². The smallest absolute Gasteiger partial charge is 0.0827 e. The molecule has 2 atom stereocenters. The minimum atomic E-state index is -0.409. The third kappa shape index (κ3) is 2.22. The van der Waals surface area contributed by atoms with Crippen molar-refractivity contribution in [3.05, 3.63) is 0 Å². The molecule has 4 nitrogen and oxygen atoms in total. The molecular weight excluding hydrogens is 130 g/mol. The maximum Gasteiger partial charge on any atom is 0.0827 e. The molecule has 0 aromatic rings. The van der Waals surface area contributed by atoms with Gasteiger partial charge in [-0.15, -0.1) is 0 Å². The molecule has 0 saturated carbocycles. The van der Waals surface area contributed by atoms with Crippen molar-refractivity contribution in [2.75, 3.05) is 26.2 Å². The molecule has 4 heteroatoms. The van der Waals surface area contributed by atoms with Gasteiger partial charge < -0.3 is 21.5 Å². The fourth-order valence-electron chi connectivity index (χ4n) is 0.983. The largest absolute Gasteiger partial charge is 0.390 e. The first-order valence-electron chi connectivity index (χ1n) is 3.66. The number of nitrogens with two attached hydrogens (primary N) is 1. The lowest BCUT2D eigenvalue weighted by Gasteiger charge is -2.22. The van der Waals surface area contributed by atoms with E-state index in [4.69, 9.17) is 5.73 Å². The van der Waals surface area contributed by atoms with Crippen molar-refractivity contribution in [1.29, 1.82) is 0 Å². The molecule has 0 aliphatic carbocycles. The van der Waals surface area contributed by atoms with Gasteiger partial charge in [-0.05, 0) is 0 Å². The molecule has 1 saturated heterocycles. The van der Waals surface area contributed by atoms with Crippen molar-refractivity contribution in [3.8, 4) is 0 Å². The summed E-state index contributed by atoms with van der Waals surface area (Å²) in [4.78, 5) is 0. The molecule has 1 aliphatic heterocycles. The number of hydrogen-bond donors (Lipinski definition) is 4. The van der Waals surface area contributed by atoms with Crippen LogP contribution in [-0.4, -0.2) is 43.4 Å². The van der Waals surface area contributed by atoms with E-state index in [1.807, 2.05) is 0 Å². The summed E-state index contributed by atoms with van der Waals surface area (Å²) in [7, 11) is 0. The maximum absolute atomic E-state index is 9.26. The van der Waals surface area contributed by atoms with Crippen molar-refractivity contribution >= 4 is 0 Å². The first kappa shape index (κ1) is 7.94. The lowest BCUT2D eigenvalue weighted by molar-refractivity contribution is 0.136. The average molecular weight is 145 g/mol. The molecule has 1 aliphatic rings. The van der Waals surface area contributed by atoms with Gasteiger partial charge >= 0.3 is 0 Å². The Labute approximate surface area is 60.8 Å². The normalized spacial score (nSPS) is 36.6. The monoisotopic (exact) mass is 145 g/mol. The Morgan fingerprint density at radius 3 is 2.50 bits per heavy atom. The van der Waals surface area contributed by atoms with Crippen LogP contribution >= 0.6 is 0 Å². The van der Waals surface area contributed by atoms with Crippen LogP contribution in [0, 0.1) is 0 Å². The Kier molecular flexibility index (Phi) is 3.08. The van der Waals surface area contributed by atoms with E-state index in [2.05, 4.69) is 10.6 Å². The molecule has 60 valence electrons. The highest BCUT2D eigenvalue weighted by molar-refractivity contribution is 4.78. The summed E-state index contributed by atoms with van der Waals surface area (Å²) in [5.41, 5.74) is 5.60. The molecule has 0 bridgehead atoms. The minimum absolute atomic E-state index is 0.132.